The van der Waals surface area contributed by atoms with Crippen LogP contribution in [0.15, 0.2) is 24.7 Å². The molecule has 74 valence electrons. The van der Waals surface area contributed by atoms with E-state index >= 15 is 0 Å². The second-order valence-electron chi connectivity index (χ2n) is 3.13. The van der Waals surface area contributed by atoms with E-state index in [-0.39, 0.29) is 6.04 Å². The van der Waals surface area contributed by atoms with Gasteiger partial charge in [-0.1, -0.05) is 0 Å². The van der Waals surface area contributed by atoms with Crippen LogP contribution in [-0.2, 0) is 7.05 Å². The third-order valence-electron chi connectivity index (χ3n) is 2.24. The number of aryl methyl sites for hydroxylation is 1. The molecule has 2 N–H and O–H groups in total. The minimum absolute atomic E-state index is 0.0671. The smallest absolute Gasteiger partial charge is 0.131 e. The fraction of sp³-hybridized carbons (Fsp3) is 0.333. The van der Waals surface area contributed by atoms with Gasteiger partial charge in [0.25, 0.3) is 0 Å². The summed E-state index contributed by atoms with van der Waals surface area (Å²) in [5, 5.41) is 10.1. The molecule has 0 aromatic carbocycles. The van der Waals surface area contributed by atoms with Gasteiger partial charge in [-0.05, 0) is 13.1 Å². The van der Waals surface area contributed by atoms with Gasteiger partial charge in [-0.3, -0.25) is 5.10 Å². The molecule has 2 aromatic rings. The van der Waals surface area contributed by atoms with E-state index in [0.717, 1.165) is 11.5 Å². The molecule has 1 unspecified atom stereocenters. The van der Waals surface area contributed by atoms with E-state index in [1.807, 2.05) is 30.9 Å². The number of H-pyrrole nitrogens is 1. The van der Waals surface area contributed by atoms with Crippen molar-refractivity contribution in [1.82, 2.24) is 25.1 Å². The van der Waals surface area contributed by atoms with Crippen LogP contribution in [0, 0.1) is 0 Å². The van der Waals surface area contributed by atoms with Crippen LogP contribution < -0.4 is 5.32 Å². The van der Waals surface area contributed by atoms with Crippen molar-refractivity contribution in [1.29, 1.82) is 0 Å². The van der Waals surface area contributed by atoms with E-state index in [0.29, 0.717) is 0 Å². The lowest BCUT2D eigenvalue weighted by Gasteiger charge is -2.13. The number of nitrogens with one attached hydrogen (secondary N) is 2. The Hall–Kier alpha value is -1.62. The average Bonchev–Trinajstić information content (AvgIpc) is 2.80. The van der Waals surface area contributed by atoms with Crippen LogP contribution in [0.3, 0.4) is 0 Å². The minimum Gasteiger partial charge on any atom is -0.336 e. The summed E-state index contributed by atoms with van der Waals surface area (Å²) in [5.41, 5.74) is 1.02. The maximum absolute atomic E-state index is 4.30. The molecule has 2 rings (SSSR count). The summed E-state index contributed by atoms with van der Waals surface area (Å²) in [4.78, 5) is 4.30. The molecule has 0 saturated heterocycles. The zero-order valence-corrected chi connectivity index (χ0v) is 8.23. The summed E-state index contributed by atoms with van der Waals surface area (Å²) < 4.78 is 1.99. The van der Waals surface area contributed by atoms with Crippen molar-refractivity contribution in [2.75, 3.05) is 7.05 Å². The molecule has 5 nitrogen and oxygen atoms in total. The van der Waals surface area contributed by atoms with Crippen molar-refractivity contribution < 1.29 is 0 Å². The van der Waals surface area contributed by atoms with Gasteiger partial charge in [0.05, 0.1) is 5.69 Å². The van der Waals surface area contributed by atoms with Gasteiger partial charge >= 0.3 is 0 Å². The molecule has 1 atom stereocenters. The molecule has 5 heteroatoms. The monoisotopic (exact) mass is 191 g/mol. The van der Waals surface area contributed by atoms with Gasteiger partial charge in [-0.25, -0.2) is 4.98 Å². The molecule has 2 heterocycles. The largest absolute Gasteiger partial charge is 0.336 e. The fourth-order valence-corrected chi connectivity index (χ4v) is 1.51. The van der Waals surface area contributed by atoms with Gasteiger partial charge in [0.2, 0.25) is 0 Å². The highest BCUT2D eigenvalue weighted by molar-refractivity contribution is 5.15. The highest BCUT2D eigenvalue weighted by atomic mass is 15.1. The lowest BCUT2D eigenvalue weighted by molar-refractivity contribution is 0.601. The van der Waals surface area contributed by atoms with Crippen LogP contribution in [-0.4, -0.2) is 26.8 Å². The number of imidazole rings is 1. The normalized spacial score (nSPS) is 13.0. The Labute approximate surface area is 82.2 Å². The summed E-state index contributed by atoms with van der Waals surface area (Å²) in [5.74, 6) is 0.969. The third kappa shape index (κ3) is 1.42. The van der Waals surface area contributed by atoms with Crippen LogP contribution in [0.4, 0.5) is 0 Å². The molecule has 0 aliphatic heterocycles. The van der Waals surface area contributed by atoms with Gasteiger partial charge in [0.15, 0.2) is 0 Å². The predicted molar refractivity (Wildman–Crippen MR) is 52.7 cm³/mol. The molecule has 0 radical (unpaired) electrons. The number of hydrogen-bond acceptors (Lipinski definition) is 3. The van der Waals surface area contributed by atoms with E-state index in [9.17, 15) is 0 Å². The maximum atomic E-state index is 4.30. The summed E-state index contributed by atoms with van der Waals surface area (Å²) in [6.07, 6.45) is 5.45. The van der Waals surface area contributed by atoms with Gasteiger partial charge in [0, 0.05) is 25.6 Å². The van der Waals surface area contributed by atoms with E-state index in [1.165, 1.54) is 0 Å². The Morgan fingerprint density at radius 3 is 2.86 bits per heavy atom. The lowest BCUT2D eigenvalue weighted by Crippen LogP contribution is -2.21. The number of hydrogen-bond donors (Lipinski definition) is 2. The highest BCUT2D eigenvalue weighted by Gasteiger charge is 2.16. The topological polar surface area (TPSA) is 58.5 Å². The SMILES string of the molecule is CNC(c1ccn[nH]1)c1nccn1C. The van der Waals surface area contributed by atoms with E-state index < -0.39 is 0 Å². The highest BCUT2D eigenvalue weighted by Crippen LogP contribution is 2.16. The van der Waals surface area contributed by atoms with Crippen molar-refractivity contribution in [3.63, 3.8) is 0 Å². The van der Waals surface area contributed by atoms with E-state index in [4.69, 9.17) is 0 Å². The van der Waals surface area contributed by atoms with Crippen molar-refractivity contribution in [2.24, 2.45) is 7.05 Å². The first-order valence-corrected chi connectivity index (χ1v) is 4.46. The Bertz CT molecular complexity index is 389. The Balaban J connectivity index is 2.36. The van der Waals surface area contributed by atoms with E-state index in [2.05, 4.69) is 20.5 Å². The molecule has 0 aliphatic rings. The summed E-state index contributed by atoms with van der Waals surface area (Å²) >= 11 is 0. The Morgan fingerprint density at radius 1 is 1.50 bits per heavy atom. The van der Waals surface area contributed by atoms with Crippen molar-refractivity contribution in [3.05, 3.63) is 36.2 Å². The van der Waals surface area contributed by atoms with Gasteiger partial charge in [-0.2, -0.15) is 5.10 Å². The fourth-order valence-electron chi connectivity index (χ4n) is 1.51. The quantitative estimate of drug-likeness (QED) is 0.740. The number of rotatable bonds is 3. The summed E-state index contributed by atoms with van der Waals surface area (Å²) in [6.45, 7) is 0. The molecule has 0 bridgehead atoms. The molecular weight excluding hydrogens is 178 g/mol. The summed E-state index contributed by atoms with van der Waals surface area (Å²) in [7, 11) is 3.88. The molecule has 0 spiro atoms. The van der Waals surface area contributed by atoms with Gasteiger partial charge < -0.3 is 9.88 Å². The summed E-state index contributed by atoms with van der Waals surface area (Å²) in [6, 6.07) is 2.01. The van der Waals surface area contributed by atoms with Crippen LogP contribution >= 0.6 is 0 Å². The molecule has 0 saturated carbocycles. The second-order valence-corrected chi connectivity index (χ2v) is 3.13. The zero-order chi connectivity index (χ0) is 9.97. The standard InChI is InChI=1S/C9H13N5/c1-10-8(7-3-4-12-13-7)9-11-5-6-14(9)2/h3-6,8,10H,1-2H3,(H,12,13). The lowest BCUT2D eigenvalue weighted by atomic mass is 10.2. The van der Waals surface area contributed by atoms with Crippen molar-refractivity contribution in [2.45, 2.75) is 6.04 Å². The second kappa shape index (κ2) is 3.63. The Morgan fingerprint density at radius 2 is 2.36 bits per heavy atom. The van der Waals surface area contributed by atoms with Crippen LogP contribution in [0.2, 0.25) is 0 Å². The third-order valence-corrected chi connectivity index (χ3v) is 2.24. The Kier molecular flexibility index (Phi) is 2.32. The van der Waals surface area contributed by atoms with Crippen molar-refractivity contribution >= 4 is 0 Å². The zero-order valence-electron chi connectivity index (χ0n) is 8.23. The van der Waals surface area contributed by atoms with Crippen LogP contribution in [0.25, 0.3) is 0 Å². The first-order chi connectivity index (χ1) is 6.83. The molecular formula is C9H13N5. The van der Waals surface area contributed by atoms with E-state index in [1.54, 1.807) is 12.4 Å². The number of aromatic amines is 1. The van der Waals surface area contributed by atoms with Gasteiger partial charge in [-0.15, -0.1) is 0 Å². The maximum Gasteiger partial charge on any atom is 0.131 e. The molecule has 0 amide bonds. The first-order valence-electron chi connectivity index (χ1n) is 4.46. The molecule has 0 fully saturated rings. The van der Waals surface area contributed by atoms with Crippen LogP contribution in [0.5, 0.6) is 0 Å². The molecule has 14 heavy (non-hydrogen) atoms. The first kappa shape index (κ1) is 8.96. The predicted octanol–water partition coefficient (Wildman–Crippen LogP) is 0.452. The number of nitrogens with zero attached hydrogens (tertiary/aromatic N) is 3. The van der Waals surface area contributed by atoms with Gasteiger partial charge in [0.1, 0.15) is 11.9 Å². The molecule has 2 aromatic heterocycles. The number of aromatic nitrogens is 4. The average molecular weight is 191 g/mol. The van der Waals surface area contributed by atoms with Crippen LogP contribution in [0.1, 0.15) is 17.6 Å². The van der Waals surface area contributed by atoms with Crippen molar-refractivity contribution in [3.8, 4) is 0 Å². The molecule has 0 aliphatic carbocycles. The minimum atomic E-state index is 0.0671.